The Labute approximate surface area is 136 Å². The Bertz CT molecular complexity index is 674. The van der Waals surface area contributed by atoms with Gasteiger partial charge < -0.3 is 0 Å². The summed E-state index contributed by atoms with van der Waals surface area (Å²) in [6.07, 6.45) is 0. The highest BCUT2D eigenvalue weighted by atomic mass is 79.9. The minimum Gasteiger partial charge on any atom is -0.288 e. The van der Waals surface area contributed by atoms with E-state index in [1.54, 1.807) is 12.1 Å². The largest absolute Gasteiger partial charge is 0.288 e. The molecule has 0 aliphatic heterocycles. The van der Waals surface area contributed by atoms with Crippen LogP contribution in [-0.4, -0.2) is 5.78 Å². The lowest BCUT2D eigenvalue weighted by Crippen LogP contribution is -2.05. The van der Waals surface area contributed by atoms with Crippen LogP contribution in [0.25, 0.3) is 0 Å². The third-order valence-electron chi connectivity index (χ3n) is 2.46. The normalized spacial score (nSPS) is 10.6. The number of ketones is 1. The summed E-state index contributed by atoms with van der Waals surface area (Å²) in [5, 5.41) is 0.365. The van der Waals surface area contributed by atoms with Gasteiger partial charge in [-0.25, -0.2) is 4.39 Å². The van der Waals surface area contributed by atoms with Crippen molar-refractivity contribution in [2.24, 2.45) is 0 Å². The molecule has 0 bridgehead atoms. The van der Waals surface area contributed by atoms with Gasteiger partial charge in [0.15, 0.2) is 11.6 Å². The van der Waals surface area contributed by atoms with Gasteiger partial charge in [0, 0.05) is 14.5 Å². The van der Waals surface area contributed by atoms with E-state index in [-0.39, 0.29) is 10.6 Å². The fraction of sp³-hybridized carbons (Fsp3) is 0. The molecule has 2 aromatic carbocycles. The average molecular weight is 427 g/mol. The van der Waals surface area contributed by atoms with Crippen LogP contribution < -0.4 is 0 Å². The molecular weight excluding hydrogens is 422 g/mol. The number of carbonyl (C=O) groups is 1. The molecule has 0 aromatic heterocycles. The second-order valence-electron chi connectivity index (χ2n) is 3.68. The standard InChI is InChI=1S/C13H5Br2Cl2FO/c14-8-3-2-7(12(18)11(8)17)13(19)6-1-4-10(16)9(15)5-6/h1-5H. The van der Waals surface area contributed by atoms with Gasteiger partial charge >= 0.3 is 0 Å². The number of halogens is 5. The molecule has 98 valence electrons. The van der Waals surface area contributed by atoms with Crippen molar-refractivity contribution in [3.8, 4) is 0 Å². The molecule has 0 spiro atoms. The number of carbonyl (C=O) groups excluding carboxylic acids is 1. The third kappa shape index (κ3) is 3.02. The lowest BCUT2D eigenvalue weighted by Gasteiger charge is -2.06. The zero-order chi connectivity index (χ0) is 14.2. The Morgan fingerprint density at radius 1 is 1.05 bits per heavy atom. The second kappa shape index (κ2) is 5.92. The van der Waals surface area contributed by atoms with Crippen LogP contribution in [-0.2, 0) is 0 Å². The quantitative estimate of drug-likeness (QED) is 0.432. The first-order chi connectivity index (χ1) is 8.91. The fourth-order valence-corrected chi connectivity index (χ4v) is 2.46. The molecule has 6 heteroatoms. The van der Waals surface area contributed by atoms with Gasteiger partial charge in [-0.2, -0.15) is 0 Å². The van der Waals surface area contributed by atoms with E-state index >= 15 is 0 Å². The van der Waals surface area contributed by atoms with Crippen molar-refractivity contribution in [1.82, 2.24) is 0 Å². The molecule has 0 saturated heterocycles. The first kappa shape index (κ1) is 15.0. The molecule has 0 atom stereocenters. The molecule has 0 heterocycles. The highest BCUT2D eigenvalue weighted by Gasteiger charge is 2.18. The first-order valence-corrected chi connectivity index (χ1v) is 7.39. The van der Waals surface area contributed by atoms with Crippen LogP contribution in [0, 0.1) is 5.82 Å². The second-order valence-corrected chi connectivity index (χ2v) is 6.17. The van der Waals surface area contributed by atoms with Gasteiger partial charge in [-0.3, -0.25) is 4.79 Å². The van der Waals surface area contributed by atoms with Gasteiger partial charge in [0.2, 0.25) is 0 Å². The molecule has 0 unspecified atom stereocenters. The zero-order valence-electron chi connectivity index (χ0n) is 9.18. The maximum absolute atomic E-state index is 14.0. The predicted octanol–water partition coefficient (Wildman–Crippen LogP) is 5.89. The molecule has 0 amide bonds. The summed E-state index contributed by atoms with van der Waals surface area (Å²) in [5.41, 5.74) is 0.246. The van der Waals surface area contributed by atoms with E-state index in [0.29, 0.717) is 19.5 Å². The Kier molecular flexibility index (Phi) is 4.66. The number of hydrogen-bond donors (Lipinski definition) is 0. The molecular formula is C13H5Br2Cl2FO. The van der Waals surface area contributed by atoms with E-state index in [4.69, 9.17) is 23.2 Å². The zero-order valence-corrected chi connectivity index (χ0v) is 13.9. The number of rotatable bonds is 2. The number of hydrogen-bond acceptors (Lipinski definition) is 1. The van der Waals surface area contributed by atoms with Gasteiger partial charge in [-0.1, -0.05) is 23.2 Å². The molecule has 2 aromatic rings. The Morgan fingerprint density at radius 2 is 1.74 bits per heavy atom. The minimum absolute atomic E-state index is 0.0811. The van der Waals surface area contributed by atoms with Gasteiger partial charge in [0.1, 0.15) is 0 Å². The lowest BCUT2D eigenvalue weighted by atomic mass is 10.0. The van der Waals surface area contributed by atoms with E-state index in [1.807, 2.05) is 0 Å². The molecule has 0 aliphatic carbocycles. The summed E-state index contributed by atoms with van der Waals surface area (Å²) in [6.45, 7) is 0. The monoisotopic (exact) mass is 424 g/mol. The van der Waals surface area contributed by atoms with Crippen LogP contribution in [0.3, 0.4) is 0 Å². The molecule has 0 N–H and O–H groups in total. The SMILES string of the molecule is O=C(c1ccc(Cl)c(Br)c1)c1ccc(Br)c(Cl)c1F. The van der Waals surface area contributed by atoms with Crippen molar-refractivity contribution in [1.29, 1.82) is 0 Å². The van der Waals surface area contributed by atoms with E-state index in [0.717, 1.165) is 0 Å². The van der Waals surface area contributed by atoms with Crippen molar-refractivity contribution >= 4 is 60.8 Å². The molecule has 0 saturated carbocycles. The summed E-state index contributed by atoms with van der Waals surface area (Å²) >= 11 is 17.9. The van der Waals surface area contributed by atoms with Crippen molar-refractivity contribution in [2.45, 2.75) is 0 Å². The van der Waals surface area contributed by atoms with Crippen molar-refractivity contribution in [3.05, 3.63) is 66.3 Å². The van der Waals surface area contributed by atoms with E-state index in [1.165, 1.54) is 18.2 Å². The summed E-state index contributed by atoms with van der Waals surface area (Å²) in [7, 11) is 0. The van der Waals surface area contributed by atoms with Gasteiger partial charge in [0.05, 0.1) is 15.6 Å². The smallest absolute Gasteiger partial charge is 0.196 e. The maximum Gasteiger partial charge on any atom is 0.196 e. The van der Waals surface area contributed by atoms with Gasteiger partial charge in [-0.15, -0.1) is 0 Å². The Morgan fingerprint density at radius 3 is 2.37 bits per heavy atom. The predicted molar refractivity (Wildman–Crippen MR) is 81.7 cm³/mol. The Balaban J connectivity index is 2.50. The lowest BCUT2D eigenvalue weighted by molar-refractivity contribution is 0.103. The topological polar surface area (TPSA) is 17.1 Å². The maximum atomic E-state index is 14.0. The van der Waals surface area contributed by atoms with Crippen LogP contribution in [0.5, 0.6) is 0 Å². The van der Waals surface area contributed by atoms with E-state index in [2.05, 4.69) is 31.9 Å². The molecule has 0 fully saturated rings. The van der Waals surface area contributed by atoms with E-state index in [9.17, 15) is 9.18 Å². The van der Waals surface area contributed by atoms with Crippen LogP contribution in [0.4, 0.5) is 4.39 Å². The van der Waals surface area contributed by atoms with Crippen LogP contribution >= 0.6 is 55.1 Å². The third-order valence-corrected chi connectivity index (χ3v) is 4.93. The van der Waals surface area contributed by atoms with Gasteiger partial charge in [0.25, 0.3) is 0 Å². The van der Waals surface area contributed by atoms with Crippen LogP contribution in [0.2, 0.25) is 10.0 Å². The number of benzene rings is 2. The summed E-state index contributed by atoms with van der Waals surface area (Å²) in [6, 6.07) is 7.56. The van der Waals surface area contributed by atoms with Crippen LogP contribution in [0.15, 0.2) is 39.3 Å². The Hall–Kier alpha value is -0.420. The molecule has 19 heavy (non-hydrogen) atoms. The molecule has 0 radical (unpaired) electrons. The van der Waals surface area contributed by atoms with Crippen molar-refractivity contribution < 1.29 is 9.18 Å². The highest BCUT2D eigenvalue weighted by Crippen LogP contribution is 2.30. The van der Waals surface area contributed by atoms with Crippen molar-refractivity contribution in [2.75, 3.05) is 0 Å². The van der Waals surface area contributed by atoms with Gasteiger partial charge in [-0.05, 0) is 62.2 Å². The molecule has 0 aliphatic rings. The summed E-state index contributed by atoms with van der Waals surface area (Å²) in [5.74, 6) is -1.20. The first-order valence-electron chi connectivity index (χ1n) is 5.05. The highest BCUT2D eigenvalue weighted by molar-refractivity contribution is 9.10. The van der Waals surface area contributed by atoms with Crippen molar-refractivity contribution in [3.63, 3.8) is 0 Å². The summed E-state index contributed by atoms with van der Waals surface area (Å²) in [4.78, 5) is 12.2. The summed E-state index contributed by atoms with van der Waals surface area (Å²) < 4.78 is 14.9. The van der Waals surface area contributed by atoms with E-state index < -0.39 is 11.6 Å². The minimum atomic E-state index is -0.743. The molecule has 2 rings (SSSR count). The fourth-order valence-electron chi connectivity index (χ4n) is 1.49. The molecule has 1 nitrogen and oxygen atoms in total. The average Bonchev–Trinajstić information content (AvgIpc) is 2.39. The van der Waals surface area contributed by atoms with Crippen LogP contribution in [0.1, 0.15) is 15.9 Å².